The minimum atomic E-state index is -0.133. The molecule has 184 valence electrons. The summed E-state index contributed by atoms with van der Waals surface area (Å²) in [6, 6.07) is 0.431. The zero-order chi connectivity index (χ0) is 22.9. The van der Waals surface area contributed by atoms with E-state index in [1.54, 1.807) is 0 Å². The van der Waals surface area contributed by atoms with Crippen LogP contribution in [0, 0.1) is 35.5 Å². The summed E-state index contributed by atoms with van der Waals surface area (Å²) in [5, 5.41) is 3.46. The number of urea groups is 1. The summed E-state index contributed by atoms with van der Waals surface area (Å²) in [7, 11) is 0. The molecule has 7 heteroatoms. The van der Waals surface area contributed by atoms with Crippen LogP contribution >= 0.6 is 0 Å². The third-order valence-corrected chi connectivity index (χ3v) is 9.45. The smallest absolute Gasteiger partial charge is 0.319 e. The average Bonchev–Trinajstić information content (AvgIpc) is 3.07. The van der Waals surface area contributed by atoms with Crippen molar-refractivity contribution in [1.29, 1.82) is 0 Å². The summed E-state index contributed by atoms with van der Waals surface area (Å²) in [5.74, 6) is 3.47. The highest BCUT2D eigenvalue weighted by molar-refractivity contribution is 5.80. The maximum absolute atomic E-state index is 13.1. The Morgan fingerprint density at radius 3 is 2.03 bits per heavy atom. The molecule has 3 saturated carbocycles. The predicted octanol–water partition coefficient (Wildman–Crippen LogP) is 3.42. The monoisotopic (exact) mass is 459 g/mol. The summed E-state index contributed by atoms with van der Waals surface area (Å²) < 4.78 is 5.13. The van der Waals surface area contributed by atoms with Gasteiger partial charge in [0.05, 0.1) is 12.5 Å². The van der Waals surface area contributed by atoms with E-state index in [4.69, 9.17) is 4.74 Å². The van der Waals surface area contributed by atoms with Gasteiger partial charge in [0, 0.05) is 38.1 Å². The van der Waals surface area contributed by atoms with E-state index < -0.39 is 0 Å². The van der Waals surface area contributed by atoms with Crippen molar-refractivity contribution in [2.45, 2.75) is 77.2 Å². The van der Waals surface area contributed by atoms with Gasteiger partial charge in [0.25, 0.3) is 0 Å². The van der Waals surface area contributed by atoms with Crippen molar-refractivity contribution in [3.63, 3.8) is 0 Å². The molecule has 3 bridgehead atoms. The Kier molecular flexibility index (Phi) is 6.84. The second-order valence-electron chi connectivity index (χ2n) is 11.3. The third kappa shape index (κ3) is 4.88. The molecule has 0 spiro atoms. The first-order chi connectivity index (χ1) is 16.0. The van der Waals surface area contributed by atoms with E-state index in [0.29, 0.717) is 57.6 Å². The number of piperidine rings is 2. The van der Waals surface area contributed by atoms with E-state index in [-0.39, 0.29) is 29.7 Å². The summed E-state index contributed by atoms with van der Waals surface area (Å²) in [6.45, 7) is 4.74. The first-order valence-corrected chi connectivity index (χ1v) is 13.5. The second-order valence-corrected chi connectivity index (χ2v) is 11.3. The number of esters is 1. The van der Waals surface area contributed by atoms with Gasteiger partial charge in [0.2, 0.25) is 5.91 Å². The number of amides is 3. The predicted molar refractivity (Wildman–Crippen MR) is 124 cm³/mol. The molecule has 2 heterocycles. The van der Waals surface area contributed by atoms with Crippen LogP contribution < -0.4 is 5.32 Å². The van der Waals surface area contributed by atoms with Gasteiger partial charge in [-0.1, -0.05) is 0 Å². The molecule has 2 aliphatic heterocycles. The second kappa shape index (κ2) is 9.83. The first-order valence-electron chi connectivity index (χ1n) is 13.5. The molecular formula is C26H41N3O4. The molecule has 7 nitrogen and oxygen atoms in total. The van der Waals surface area contributed by atoms with Crippen LogP contribution in [-0.4, -0.2) is 66.5 Å². The number of carbonyl (C=O) groups is 3. The number of hydrogen-bond donors (Lipinski definition) is 1. The molecule has 5 aliphatic rings. The number of nitrogens with one attached hydrogen (secondary N) is 1. The Morgan fingerprint density at radius 2 is 1.36 bits per heavy atom. The minimum absolute atomic E-state index is 0.0285. The van der Waals surface area contributed by atoms with Crippen LogP contribution in [0.2, 0.25) is 0 Å². The largest absolute Gasteiger partial charge is 0.466 e. The fourth-order valence-corrected chi connectivity index (χ4v) is 7.63. The lowest BCUT2D eigenvalue weighted by atomic mass is 9.77. The average molecular weight is 460 g/mol. The number of rotatable bonds is 4. The van der Waals surface area contributed by atoms with Crippen LogP contribution in [0.4, 0.5) is 4.79 Å². The first kappa shape index (κ1) is 23.0. The highest BCUT2D eigenvalue weighted by atomic mass is 16.5. The Balaban J connectivity index is 1.06. The van der Waals surface area contributed by atoms with E-state index >= 15 is 0 Å². The van der Waals surface area contributed by atoms with Crippen molar-refractivity contribution < 1.29 is 19.1 Å². The van der Waals surface area contributed by atoms with Crippen molar-refractivity contribution in [3.8, 4) is 0 Å². The lowest BCUT2D eigenvalue weighted by molar-refractivity contribution is -0.149. The van der Waals surface area contributed by atoms with Gasteiger partial charge in [0.1, 0.15) is 0 Å². The summed E-state index contributed by atoms with van der Waals surface area (Å²) in [4.78, 5) is 41.8. The molecule has 0 radical (unpaired) electrons. The van der Waals surface area contributed by atoms with Gasteiger partial charge in [-0.3, -0.25) is 9.59 Å². The standard InChI is InChI=1S/C26H41N3O4/c1-2-33-25(31)19-7-11-29(12-8-19)26(32)28-9-5-18(6-10-28)24(30)27-23-4-3-20-13-17-14-21(20)16-22(23)15-17/h17-23H,2-16H2,1H3,(H,27,30)/t17?,20-,21?,22?,23?/m1/s1. The molecular weight excluding hydrogens is 418 g/mol. The lowest BCUT2D eigenvalue weighted by Crippen LogP contribution is -2.52. The Labute approximate surface area is 198 Å². The molecule has 0 aromatic heterocycles. The highest BCUT2D eigenvalue weighted by Gasteiger charge is 2.46. The van der Waals surface area contributed by atoms with Crippen LogP contribution in [0.25, 0.3) is 0 Å². The van der Waals surface area contributed by atoms with Gasteiger partial charge in [-0.2, -0.15) is 0 Å². The van der Waals surface area contributed by atoms with Crippen LogP contribution in [-0.2, 0) is 14.3 Å². The number of nitrogens with zero attached hydrogens (tertiary/aromatic N) is 2. The number of carbonyl (C=O) groups excluding carboxylic acids is 3. The SMILES string of the molecule is CCOC(=O)C1CCN(C(=O)N2CCC(C(=O)NC3CC[C@@H]4CC5CC3CC4C5)CC2)CC1. The molecule has 3 amide bonds. The van der Waals surface area contributed by atoms with Crippen molar-refractivity contribution in [2.75, 3.05) is 32.8 Å². The van der Waals surface area contributed by atoms with Crippen LogP contribution in [0.1, 0.15) is 71.1 Å². The zero-order valence-corrected chi connectivity index (χ0v) is 20.2. The van der Waals surface area contributed by atoms with Gasteiger partial charge in [-0.05, 0) is 94.8 Å². The van der Waals surface area contributed by atoms with Crippen molar-refractivity contribution in [3.05, 3.63) is 0 Å². The normalized spacial score (nSPS) is 34.8. The summed E-state index contributed by atoms with van der Waals surface area (Å²) in [5.41, 5.74) is 0. The van der Waals surface area contributed by atoms with Crippen molar-refractivity contribution in [2.24, 2.45) is 35.5 Å². The maximum Gasteiger partial charge on any atom is 0.319 e. The van der Waals surface area contributed by atoms with Gasteiger partial charge in [0.15, 0.2) is 0 Å². The molecule has 5 atom stereocenters. The Morgan fingerprint density at radius 1 is 0.758 bits per heavy atom. The Hall–Kier alpha value is -1.79. The number of hydrogen-bond acceptors (Lipinski definition) is 4. The Bertz CT molecular complexity index is 742. The number of fused-ring (bicyclic) bond motifs is 2. The number of likely N-dealkylation sites (tertiary alicyclic amines) is 2. The minimum Gasteiger partial charge on any atom is -0.466 e. The van der Waals surface area contributed by atoms with E-state index in [1.165, 1.54) is 32.1 Å². The molecule has 33 heavy (non-hydrogen) atoms. The van der Waals surface area contributed by atoms with E-state index in [2.05, 4.69) is 5.32 Å². The quantitative estimate of drug-likeness (QED) is 0.654. The maximum atomic E-state index is 13.1. The molecule has 3 aliphatic carbocycles. The van der Waals surface area contributed by atoms with Gasteiger partial charge in [-0.15, -0.1) is 0 Å². The topological polar surface area (TPSA) is 79.0 Å². The fraction of sp³-hybridized carbons (Fsp3) is 0.885. The molecule has 5 fully saturated rings. The molecule has 1 N–H and O–H groups in total. The van der Waals surface area contributed by atoms with Gasteiger partial charge >= 0.3 is 12.0 Å². The molecule has 2 saturated heterocycles. The molecule has 4 unspecified atom stereocenters. The molecule has 0 aromatic rings. The number of ether oxygens (including phenoxy) is 1. The summed E-state index contributed by atoms with van der Waals surface area (Å²) in [6.07, 6.45) is 10.8. The fourth-order valence-electron chi connectivity index (χ4n) is 7.63. The van der Waals surface area contributed by atoms with Crippen LogP contribution in [0.15, 0.2) is 0 Å². The van der Waals surface area contributed by atoms with Gasteiger partial charge < -0.3 is 19.9 Å². The van der Waals surface area contributed by atoms with Crippen molar-refractivity contribution >= 4 is 17.9 Å². The molecule has 5 rings (SSSR count). The van der Waals surface area contributed by atoms with E-state index in [1.807, 2.05) is 16.7 Å². The summed E-state index contributed by atoms with van der Waals surface area (Å²) >= 11 is 0. The van der Waals surface area contributed by atoms with Crippen molar-refractivity contribution in [1.82, 2.24) is 15.1 Å². The lowest BCUT2D eigenvalue weighted by Gasteiger charge is -2.38. The van der Waals surface area contributed by atoms with Gasteiger partial charge in [-0.25, -0.2) is 4.79 Å². The van der Waals surface area contributed by atoms with E-state index in [9.17, 15) is 14.4 Å². The van der Waals surface area contributed by atoms with Crippen LogP contribution in [0.5, 0.6) is 0 Å². The third-order valence-electron chi connectivity index (χ3n) is 9.45. The zero-order valence-electron chi connectivity index (χ0n) is 20.2. The van der Waals surface area contributed by atoms with E-state index in [0.717, 1.165) is 37.0 Å². The molecule has 0 aromatic carbocycles. The van der Waals surface area contributed by atoms with Crippen LogP contribution in [0.3, 0.4) is 0 Å². The highest BCUT2D eigenvalue weighted by Crippen LogP contribution is 2.53.